The molecule has 1 saturated heterocycles. The van der Waals surface area contributed by atoms with Gasteiger partial charge in [0.1, 0.15) is 0 Å². The molecule has 1 unspecified atom stereocenters. The number of carbonyl (C=O) groups is 1. The number of hydrogen-bond donors (Lipinski definition) is 0. The fourth-order valence-electron chi connectivity index (χ4n) is 6.43. The first-order valence-electron chi connectivity index (χ1n) is 16.7. The molecule has 5 nitrogen and oxygen atoms in total. The molecule has 2 fully saturated rings. The van der Waals surface area contributed by atoms with Gasteiger partial charge in [-0.1, -0.05) is 78.3 Å². The second kappa shape index (κ2) is 14.9. The molecular weight excluding hydrogens is 626 g/mol. The molecule has 47 heavy (non-hydrogen) atoms. The lowest BCUT2D eigenvalue weighted by atomic mass is 9.89. The largest absolute Gasteiger partial charge is 0.469 e. The zero-order valence-corrected chi connectivity index (χ0v) is 29.1. The van der Waals surface area contributed by atoms with E-state index in [1.165, 1.54) is 23.8 Å². The number of fused-ring (bicyclic) bond motifs is 1. The molecule has 3 aromatic carbocycles. The van der Waals surface area contributed by atoms with Crippen LogP contribution in [0.1, 0.15) is 85.6 Å². The van der Waals surface area contributed by atoms with Crippen molar-refractivity contribution in [3.8, 4) is 0 Å². The topological polar surface area (TPSA) is 57.7 Å². The van der Waals surface area contributed by atoms with Crippen molar-refractivity contribution in [1.82, 2.24) is 4.98 Å². The molecular formula is C40H44ClNO4S. The van der Waals surface area contributed by atoms with E-state index in [4.69, 9.17) is 30.8 Å². The zero-order chi connectivity index (χ0) is 32.9. The second-order valence-corrected chi connectivity index (χ2v) is 14.9. The summed E-state index contributed by atoms with van der Waals surface area (Å²) in [6.07, 6.45) is 10.8. The molecule has 2 atom stereocenters. The highest BCUT2D eigenvalue weighted by Gasteiger charge is 2.51. The van der Waals surface area contributed by atoms with E-state index in [0.717, 1.165) is 79.5 Å². The fraction of sp³-hybridized carbons (Fsp3) is 0.400. The number of hydrogen-bond acceptors (Lipinski definition) is 6. The number of nitrogens with zero attached hydrogens (tertiary/aromatic N) is 1. The summed E-state index contributed by atoms with van der Waals surface area (Å²) in [7, 11) is 1.50. The highest BCUT2D eigenvalue weighted by Crippen LogP contribution is 2.52. The normalized spacial score (nSPS) is 18.3. The minimum atomic E-state index is -0.475. The van der Waals surface area contributed by atoms with E-state index in [0.29, 0.717) is 5.02 Å². The quantitative estimate of drug-likeness (QED) is 0.132. The third-order valence-corrected chi connectivity index (χ3v) is 11.2. The Kier molecular flexibility index (Phi) is 10.7. The Morgan fingerprint density at radius 3 is 2.68 bits per heavy atom. The van der Waals surface area contributed by atoms with Crippen LogP contribution in [0.4, 0.5) is 0 Å². The van der Waals surface area contributed by atoms with Gasteiger partial charge < -0.3 is 14.2 Å². The summed E-state index contributed by atoms with van der Waals surface area (Å²) < 4.78 is 17.7. The molecule has 1 saturated carbocycles. The van der Waals surface area contributed by atoms with E-state index in [9.17, 15) is 4.79 Å². The van der Waals surface area contributed by atoms with Crippen LogP contribution in [-0.4, -0.2) is 36.7 Å². The molecule has 0 amide bonds. The van der Waals surface area contributed by atoms with Crippen molar-refractivity contribution < 1.29 is 19.0 Å². The molecule has 1 aliphatic heterocycles. The average molecular weight is 670 g/mol. The summed E-state index contributed by atoms with van der Waals surface area (Å²) in [4.78, 5) is 17.4. The highest BCUT2D eigenvalue weighted by atomic mass is 35.5. The lowest BCUT2D eigenvalue weighted by Crippen LogP contribution is -2.33. The number of esters is 1. The number of halogens is 1. The molecule has 7 heteroatoms. The first kappa shape index (κ1) is 33.7. The monoisotopic (exact) mass is 669 g/mol. The number of benzene rings is 3. The van der Waals surface area contributed by atoms with Crippen LogP contribution in [0, 0.1) is 5.41 Å². The molecule has 246 valence electrons. The molecule has 0 N–H and O–H groups in total. The number of pyridine rings is 1. The summed E-state index contributed by atoms with van der Waals surface area (Å²) >= 11 is 8.09. The van der Waals surface area contributed by atoms with Crippen molar-refractivity contribution in [1.29, 1.82) is 0 Å². The summed E-state index contributed by atoms with van der Waals surface area (Å²) in [5.41, 5.74) is 5.77. The number of thioether (sulfide) groups is 1. The lowest BCUT2D eigenvalue weighted by molar-refractivity contribution is -0.219. The van der Waals surface area contributed by atoms with Gasteiger partial charge in [-0.3, -0.25) is 4.79 Å². The minimum absolute atomic E-state index is 0.0845. The molecule has 0 radical (unpaired) electrons. The molecule has 0 spiro atoms. The third-order valence-electron chi connectivity index (χ3n) is 9.34. The van der Waals surface area contributed by atoms with Crippen LogP contribution in [-0.2, 0) is 31.0 Å². The van der Waals surface area contributed by atoms with Gasteiger partial charge in [-0.25, -0.2) is 4.98 Å². The first-order chi connectivity index (χ1) is 22.7. The van der Waals surface area contributed by atoms with E-state index in [2.05, 4.69) is 74.5 Å². The van der Waals surface area contributed by atoms with Gasteiger partial charge in [0.15, 0.2) is 6.29 Å². The van der Waals surface area contributed by atoms with Crippen molar-refractivity contribution in [3.05, 3.63) is 112 Å². The van der Waals surface area contributed by atoms with Gasteiger partial charge in [-0.15, -0.1) is 0 Å². The van der Waals surface area contributed by atoms with Gasteiger partial charge >= 0.3 is 5.97 Å². The van der Waals surface area contributed by atoms with E-state index < -0.39 is 5.60 Å². The maximum Gasteiger partial charge on any atom is 0.312 e. The van der Waals surface area contributed by atoms with Crippen LogP contribution in [0.15, 0.2) is 78.9 Å². The van der Waals surface area contributed by atoms with Crippen molar-refractivity contribution in [3.63, 3.8) is 0 Å². The van der Waals surface area contributed by atoms with Gasteiger partial charge in [-0.2, -0.15) is 11.8 Å². The maximum atomic E-state index is 12.6. The Morgan fingerprint density at radius 2 is 1.89 bits per heavy atom. The van der Waals surface area contributed by atoms with E-state index >= 15 is 0 Å². The van der Waals surface area contributed by atoms with Crippen LogP contribution < -0.4 is 0 Å². The average Bonchev–Trinajstić information content (AvgIpc) is 3.88. The van der Waals surface area contributed by atoms with Crippen LogP contribution >= 0.6 is 23.4 Å². The Balaban J connectivity index is 1.22. The van der Waals surface area contributed by atoms with Gasteiger partial charge in [0.2, 0.25) is 0 Å². The van der Waals surface area contributed by atoms with Crippen molar-refractivity contribution >= 4 is 52.4 Å². The Morgan fingerprint density at radius 1 is 1.06 bits per heavy atom. The van der Waals surface area contributed by atoms with Gasteiger partial charge in [-0.05, 0) is 105 Å². The SMILES string of the molecule is COC(=O)C1(CS[C@H](CCc2ccccc2C(C)(C)OC2CCCCO2)c2cccc(C=Cc3ccc4ccc(Cl)cc4n3)c2)CC1. The molecule has 6 rings (SSSR count). The van der Waals surface area contributed by atoms with E-state index in [-0.39, 0.29) is 22.9 Å². The molecule has 1 aliphatic carbocycles. The maximum absolute atomic E-state index is 12.6. The Hall–Kier alpha value is -3.16. The molecule has 4 aromatic rings. The molecule has 2 aliphatic rings. The van der Waals surface area contributed by atoms with Gasteiger partial charge in [0.05, 0.1) is 29.3 Å². The van der Waals surface area contributed by atoms with E-state index in [1.807, 2.05) is 42.1 Å². The standard InChI is InChI=1S/C40H44ClNO4S/c1-39(2,46-37-13-6-7-24-45-37)34-12-5-4-10-29(34)17-21-36(47-27-40(22-23-40)38(43)44-3)31-11-8-9-28(25-31)14-19-33-20-16-30-15-18-32(41)26-35(30)42-33/h4-5,8-12,14-16,18-20,25-26,36-37H,6-7,13,17,21-24,27H2,1-3H3/t36-,37?/m1/s1. The lowest BCUT2D eigenvalue weighted by Gasteiger charge is -2.34. The smallest absolute Gasteiger partial charge is 0.312 e. The predicted molar refractivity (Wildman–Crippen MR) is 193 cm³/mol. The molecule has 2 heterocycles. The minimum Gasteiger partial charge on any atom is -0.469 e. The van der Waals surface area contributed by atoms with Crippen molar-refractivity contribution in [2.45, 2.75) is 75.9 Å². The van der Waals surface area contributed by atoms with E-state index in [1.54, 1.807) is 0 Å². The second-order valence-electron chi connectivity index (χ2n) is 13.3. The van der Waals surface area contributed by atoms with Crippen LogP contribution in [0.3, 0.4) is 0 Å². The van der Waals surface area contributed by atoms with Gasteiger partial charge in [0, 0.05) is 28.0 Å². The Labute approximate surface area is 288 Å². The number of methoxy groups -OCH3 is 1. The zero-order valence-electron chi connectivity index (χ0n) is 27.5. The number of carbonyl (C=O) groups excluding carboxylic acids is 1. The van der Waals surface area contributed by atoms with Crippen molar-refractivity contribution in [2.75, 3.05) is 19.5 Å². The summed E-state index contributed by atoms with van der Waals surface area (Å²) in [6, 6.07) is 27.2. The van der Waals surface area contributed by atoms with Crippen LogP contribution in [0.2, 0.25) is 5.02 Å². The summed E-state index contributed by atoms with van der Waals surface area (Å²) in [6.45, 7) is 5.06. The van der Waals surface area contributed by atoms with Crippen LogP contribution in [0.5, 0.6) is 0 Å². The number of aryl methyl sites for hydroxylation is 1. The fourth-order valence-corrected chi connectivity index (χ4v) is 8.15. The number of rotatable bonds is 13. The Bertz CT molecular complexity index is 1730. The van der Waals surface area contributed by atoms with Crippen LogP contribution in [0.25, 0.3) is 23.1 Å². The van der Waals surface area contributed by atoms with Crippen molar-refractivity contribution in [2.24, 2.45) is 5.41 Å². The highest BCUT2D eigenvalue weighted by molar-refractivity contribution is 7.99. The molecule has 0 bridgehead atoms. The summed E-state index contributed by atoms with van der Waals surface area (Å²) in [5, 5.41) is 1.94. The third kappa shape index (κ3) is 8.47. The number of aromatic nitrogens is 1. The summed E-state index contributed by atoms with van der Waals surface area (Å²) in [5.74, 6) is 0.669. The molecule has 1 aromatic heterocycles. The number of ether oxygens (including phenoxy) is 3. The first-order valence-corrected chi connectivity index (χ1v) is 18.1. The van der Waals surface area contributed by atoms with Gasteiger partial charge in [0.25, 0.3) is 0 Å². The predicted octanol–water partition coefficient (Wildman–Crippen LogP) is 10.2.